The number of nitrogens with zero attached hydrogens (tertiary/aromatic N) is 2. The lowest BCUT2D eigenvalue weighted by Crippen LogP contribution is -2.39. The van der Waals surface area contributed by atoms with Crippen LogP contribution < -0.4 is 0 Å². The lowest BCUT2D eigenvalue weighted by molar-refractivity contribution is -0.216. The van der Waals surface area contributed by atoms with Crippen LogP contribution in [0.1, 0.15) is 13.8 Å². The van der Waals surface area contributed by atoms with Gasteiger partial charge in [0.15, 0.2) is 5.79 Å². The van der Waals surface area contributed by atoms with Crippen LogP contribution in [-0.2, 0) is 28.7 Å². The highest BCUT2D eigenvalue weighted by molar-refractivity contribution is 6.13. The van der Waals surface area contributed by atoms with Gasteiger partial charge in [-0.25, -0.2) is 0 Å². The van der Waals surface area contributed by atoms with Crippen LogP contribution in [0.4, 0.5) is 0 Å². The third-order valence-electron chi connectivity index (χ3n) is 3.33. The zero-order chi connectivity index (χ0) is 17.0. The summed E-state index contributed by atoms with van der Waals surface area (Å²) in [6.45, 7) is 3.84. The number of hydrogen-bond donors (Lipinski definition) is 0. The maximum atomic E-state index is 11.4. The number of carbonyl (C=O) groups excluding carboxylic acids is 4. The fraction of sp³-hybridized carbons (Fsp3) is 0.467. The minimum absolute atomic E-state index is 0.120. The normalized spacial score (nSPS) is 18.0. The Kier molecular flexibility index (Phi) is 5.07. The topological polar surface area (TPSA) is 93.2 Å². The van der Waals surface area contributed by atoms with E-state index in [-0.39, 0.29) is 49.9 Å². The predicted octanol–water partition coefficient (Wildman–Crippen LogP) is -0.394. The first kappa shape index (κ1) is 17.0. The first-order valence-electron chi connectivity index (χ1n) is 7.15. The van der Waals surface area contributed by atoms with Crippen LogP contribution in [0.15, 0.2) is 24.3 Å². The van der Waals surface area contributed by atoms with E-state index in [9.17, 15) is 19.2 Å². The van der Waals surface area contributed by atoms with E-state index in [1.54, 1.807) is 13.8 Å². The molecule has 0 saturated carbocycles. The number of rotatable bonds is 8. The van der Waals surface area contributed by atoms with Crippen molar-refractivity contribution in [1.82, 2.24) is 9.80 Å². The highest BCUT2D eigenvalue weighted by Crippen LogP contribution is 2.13. The van der Waals surface area contributed by atoms with Crippen LogP contribution in [0.3, 0.4) is 0 Å². The summed E-state index contributed by atoms with van der Waals surface area (Å²) in [7, 11) is 0. The second-order valence-corrected chi connectivity index (χ2v) is 5.42. The Morgan fingerprint density at radius 2 is 1.04 bits per heavy atom. The lowest BCUT2D eigenvalue weighted by atomic mass is 10.4. The molecule has 0 aromatic heterocycles. The third-order valence-corrected chi connectivity index (χ3v) is 3.33. The summed E-state index contributed by atoms with van der Waals surface area (Å²) in [4.78, 5) is 47.7. The molecule has 0 saturated heterocycles. The zero-order valence-electron chi connectivity index (χ0n) is 13.0. The van der Waals surface area contributed by atoms with Gasteiger partial charge in [-0.05, 0) is 13.8 Å². The van der Waals surface area contributed by atoms with Crippen LogP contribution in [0.25, 0.3) is 0 Å². The van der Waals surface area contributed by atoms with Gasteiger partial charge in [-0.15, -0.1) is 0 Å². The van der Waals surface area contributed by atoms with E-state index in [1.165, 1.54) is 24.3 Å². The monoisotopic (exact) mass is 322 g/mol. The van der Waals surface area contributed by atoms with Crippen molar-refractivity contribution in [1.29, 1.82) is 0 Å². The first-order valence-corrected chi connectivity index (χ1v) is 7.15. The predicted molar refractivity (Wildman–Crippen MR) is 77.7 cm³/mol. The Morgan fingerprint density at radius 3 is 1.35 bits per heavy atom. The molecule has 23 heavy (non-hydrogen) atoms. The van der Waals surface area contributed by atoms with Crippen molar-refractivity contribution in [2.45, 2.75) is 19.6 Å². The molecule has 8 heteroatoms. The van der Waals surface area contributed by atoms with Crippen molar-refractivity contribution in [3.05, 3.63) is 24.3 Å². The molecule has 2 rings (SSSR count). The molecular formula is C15H18N2O6. The Balaban J connectivity index is 1.68. The number of carbonyl (C=O) groups is 4. The summed E-state index contributed by atoms with van der Waals surface area (Å²) in [6.07, 6.45) is 4.84. The van der Waals surface area contributed by atoms with Gasteiger partial charge >= 0.3 is 0 Å². The van der Waals surface area contributed by atoms with Gasteiger partial charge in [0.05, 0.1) is 26.3 Å². The Labute approximate surface area is 133 Å². The van der Waals surface area contributed by atoms with E-state index >= 15 is 0 Å². The van der Waals surface area contributed by atoms with Crippen molar-refractivity contribution in [2.75, 3.05) is 26.3 Å². The maximum absolute atomic E-state index is 11.4. The maximum Gasteiger partial charge on any atom is 0.253 e. The molecule has 0 atom stereocenters. The van der Waals surface area contributed by atoms with Gasteiger partial charge in [0.1, 0.15) is 0 Å². The van der Waals surface area contributed by atoms with Gasteiger partial charge in [0, 0.05) is 24.3 Å². The van der Waals surface area contributed by atoms with E-state index in [4.69, 9.17) is 9.47 Å². The summed E-state index contributed by atoms with van der Waals surface area (Å²) in [5.41, 5.74) is 0. The number of amides is 4. The molecule has 4 amide bonds. The van der Waals surface area contributed by atoms with Crippen molar-refractivity contribution >= 4 is 23.6 Å². The van der Waals surface area contributed by atoms with Crippen molar-refractivity contribution in [2.24, 2.45) is 0 Å². The Hall–Kier alpha value is -2.32. The smallest absolute Gasteiger partial charge is 0.253 e. The summed E-state index contributed by atoms with van der Waals surface area (Å²) in [5, 5.41) is 0. The van der Waals surface area contributed by atoms with Crippen LogP contribution in [-0.4, -0.2) is 65.5 Å². The molecule has 0 fully saturated rings. The molecule has 124 valence electrons. The summed E-state index contributed by atoms with van der Waals surface area (Å²) >= 11 is 0. The fourth-order valence-corrected chi connectivity index (χ4v) is 2.11. The molecule has 0 unspecified atom stereocenters. The van der Waals surface area contributed by atoms with Gasteiger partial charge < -0.3 is 9.47 Å². The zero-order valence-corrected chi connectivity index (χ0v) is 13.0. The van der Waals surface area contributed by atoms with Gasteiger partial charge in [-0.3, -0.25) is 29.0 Å². The minimum atomic E-state index is -0.974. The Morgan fingerprint density at radius 1 is 0.739 bits per heavy atom. The molecule has 0 bridgehead atoms. The average Bonchev–Trinajstić information content (AvgIpc) is 2.96. The number of imide groups is 2. The minimum Gasteiger partial charge on any atom is -0.349 e. The molecule has 0 aliphatic carbocycles. The van der Waals surface area contributed by atoms with Gasteiger partial charge in [-0.1, -0.05) is 0 Å². The molecule has 0 radical (unpaired) electrons. The standard InChI is InChI=1S/C15H18N2O6/c1-15(2,22-9-7-16-11(18)3-4-12(16)19)23-10-8-17-13(20)5-6-14(17)21/h3-6H,7-10H2,1-2H3. The molecule has 0 N–H and O–H groups in total. The van der Waals surface area contributed by atoms with Crippen molar-refractivity contribution < 1.29 is 28.7 Å². The second kappa shape index (κ2) is 6.84. The largest absolute Gasteiger partial charge is 0.349 e. The van der Waals surface area contributed by atoms with E-state index in [0.29, 0.717) is 0 Å². The summed E-state index contributed by atoms with van der Waals surface area (Å²) < 4.78 is 11.0. The molecule has 2 aliphatic rings. The first-order chi connectivity index (χ1) is 10.8. The molecular weight excluding hydrogens is 304 g/mol. The van der Waals surface area contributed by atoms with Crippen LogP contribution in [0.5, 0.6) is 0 Å². The molecule has 8 nitrogen and oxygen atoms in total. The number of ether oxygens (including phenoxy) is 2. The second-order valence-electron chi connectivity index (χ2n) is 5.42. The van der Waals surface area contributed by atoms with E-state index < -0.39 is 5.79 Å². The highest BCUT2D eigenvalue weighted by atomic mass is 16.7. The van der Waals surface area contributed by atoms with Gasteiger partial charge in [0.2, 0.25) is 0 Å². The van der Waals surface area contributed by atoms with Crippen molar-refractivity contribution in [3.63, 3.8) is 0 Å². The van der Waals surface area contributed by atoms with Crippen LogP contribution in [0.2, 0.25) is 0 Å². The number of hydrogen-bond acceptors (Lipinski definition) is 6. The summed E-state index contributed by atoms with van der Waals surface area (Å²) in [5.74, 6) is -2.43. The lowest BCUT2D eigenvalue weighted by Gasteiger charge is -2.27. The van der Waals surface area contributed by atoms with Gasteiger partial charge in [-0.2, -0.15) is 0 Å². The van der Waals surface area contributed by atoms with Crippen LogP contribution >= 0.6 is 0 Å². The van der Waals surface area contributed by atoms with E-state index in [2.05, 4.69) is 0 Å². The van der Waals surface area contributed by atoms with Crippen LogP contribution in [0, 0.1) is 0 Å². The van der Waals surface area contributed by atoms with E-state index in [1.807, 2.05) is 0 Å². The fourth-order valence-electron chi connectivity index (χ4n) is 2.11. The van der Waals surface area contributed by atoms with E-state index in [0.717, 1.165) is 9.80 Å². The molecule has 2 heterocycles. The molecule has 2 aliphatic heterocycles. The van der Waals surface area contributed by atoms with Crippen molar-refractivity contribution in [3.8, 4) is 0 Å². The highest BCUT2D eigenvalue weighted by Gasteiger charge is 2.27. The molecule has 0 spiro atoms. The third kappa shape index (κ3) is 4.33. The molecule has 0 aromatic rings. The summed E-state index contributed by atoms with van der Waals surface area (Å²) in [6, 6.07) is 0. The molecule has 0 aromatic carbocycles. The SMILES string of the molecule is CC(C)(OCCN1C(=O)C=CC1=O)OCCN1C(=O)C=CC1=O. The quantitative estimate of drug-likeness (QED) is 0.446. The van der Waals surface area contributed by atoms with Gasteiger partial charge in [0.25, 0.3) is 23.6 Å². The Bertz CT molecular complexity index is 507. The average molecular weight is 322 g/mol.